The lowest BCUT2D eigenvalue weighted by Gasteiger charge is -2.36. The molecule has 0 fully saturated rings. The molecule has 6 heteroatoms. The molecule has 1 aromatic rings. The van der Waals surface area contributed by atoms with E-state index in [-0.39, 0.29) is 0 Å². The van der Waals surface area contributed by atoms with Gasteiger partial charge in [0, 0.05) is 17.5 Å². The first-order valence-corrected chi connectivity index (χ1v) is 5.83. The predicted molar refractivity (Wildman–Crippen MR) is 67.5 cm³/mol. The number of rotatable bonds is 2. The topological polar surface area (TPSA) is 80.5 Å². The van der Waals surface area contributed by atoms with E-state index in [1.54, 1.807) is 25.1 Å². The van der Waals surface area contributed by atoms with Crippen molar-refractivity contribution in [3.8, 4) is 0 Å². The number of carbonyl (C=O) groups is 2. The Balaban J connectivity index is 2.73. The summed E-state index contributed by atoms with van der Waals surface area (Å²) in [5, 5.41) is 10.9. The molecule has 1 aliphatic rings. The summed E-state index contributed by atoms with van der Waals surface area (Å²) in [6, 6.07) is 5.08. The van der Waals surface area contributed by atoms with E-state index in [1.165, 1.54) is 14.0 Å². The lowest BCUT2D eigenvalue weighted by atomic mass is 9.74. The van der Waals surface area contributed by atoms with Crippen molar-refractivity contribution in [1.82, 2.24) is 4.90 Å². The normalized spacial score (nSPS) is 22.4. The lowest BCUT2D eigenvalue weighted by molar-refractivity contribution is -0.487. The molecule has 0 N–H and O–H groups in total. The fraction of sp³-hybridized carbons (Fsp3) is 0.385. The Labute approximate surface area is 110 Å². The molecule has 0 spiro atoms. The Morgan fingerprint density at radius 3 is 2.58 bits per heavy atom. The molecule has 2 rings (SSSR count). The van der Waals surface area contributed by atoms with Crippen LogP contribution in [0.15, 0.2) is 18.2 Å². The van der Waals surface area contributed by atoms with Gasteiger partial charge in [-0.1, -0.05) is 18.2 Å². The Morgan fingerprint density at radius 2 is 2.00 bits per heavy atom. The number of aryl methyl sites for hydroxylation is 1. The fourth-order valence-electron chi connectivity index (χ4n) is 2.57. The Bertz CT molecular complexity index is 596. The van der Waals surface area contributed by atoms with Crippen molar-refractivity contribution in [2.24, 2.45) is 0 Å². The van der Waals surface area contributed by atoms with E-state index in [0.717, 1.165) is 10.5 Å². The summed E-state index contributed by atoms with van der Waals surface area (Å²) >= 11 is 0. The maximum atomic E-state index is 12.3. The minimum absolute atomic E-state index is 0.397. The molecule has 1 unspecified atom stereocenters. The SMILES string of the molecule is Cc1cccc2c1C(=O)N(C)C(=O)C2(C)C[N+](=O)[O-]. The summed E-state index contributed by atoms with van der Waals surface area (Å²) in [7, 11) is 1.36. The molecule has 2 amide bonds. The van der Waals surface area contributed by atoms with Crippen LogP contribution in [-0.2, 0) is 10.2 Å². The second-order valence-corrected chi connectivity index (χ2v) is 4.99. The van der Waals surface area contributed by atoms with Crippen molar-refractivity contribution in [3.63, 3.8) is 0 Å². The molecule has 0 bridgehead atoms. The Kier molecular flexibility index (Phi) is 2.88. The number of nitro groups is 1. The van der Waals surface area contributed by atoms with E-state index in [0.29, 0.717) is 11.1 Å². The number of benzene rings is 1. The number of hydrogen-bond acceptors (Lipinski definition) is 4. The fourth-order valence-corrected chi connectivity index (χ4v) is 2.57. The average molecular weight is 262 g/mol. The van der Waals surface area contributed by atoms with Crippen LogP contribution in [0.5, 0.6) is 0 Å². The van der Waals surface area contributed by atoms with Crippen molar-refractivity contribution in [1.29, 1.82) is 0 Å². The second-order valence-electron chi connectivity index (χ2n) is 4.99. The van der Waals surface area contributed by atoms with Gasteiger partial charge in [0.25, 0.3) is 5.91 Å². The first kappa shape index (κ1) is 13.2. The maximum Gasteiger partial charge on any atom is 0.260 e. The summed E-state index contributed by atoms with van der Waals surface area (Å²) in [5.74, 6) is -0.939. The molecule has 6 nitrogen and oxygen atoms in total. The molecule has 1 aliphatic heterocycles. The minimum Gasteiger partial charge on any atom is -0.281 e. The number of imide groups is 1. The first-order chi connectivity index (χ1) is 8.79. The Morgan fingerprint density at radius 1 is 1.37 bits per heavy atom. The molecule has 0 saturated carbocycles. The molecule has 0 saturated heterocycles. The second kappa shape index (κ2) is 4.15. The molecule has 100 valence electrons. The largest absolute Gasteiger partial charge is 0.281 e. The number of hydrogen-bond donors (Lipinski definition) is 0. The number of likely N-dealkylation sites (N-methyl/N-ethyl adjacent to an activating group) is 1. The maximum absolute atomic E-state index is 12.3. The van der Waals surface area contributed by atoms with Gasteiger partial charge in [0.2, 0.25) is 12.5 Å². The molecular weight excluding hydrogens is 248 g/mol. The zero-order valence-corrected chi connectivity index (χ0v) is 11.0. The number of nitrogens with zero attached hydrogens (tertiary/aromatic N) is 2. The van der Waals surface area contributed by atoms with Gasteiger partial charge in [0.15, 0.2) is 0 Å². The van der Waals surface area contributed by atoms with Gasteiger partial charge in [0.05, 0.1) is 0 Å². The van der Waals surface area contributed by atoms with Crippen LogP contribution in [0.25, 0.3) is 0 Å². The number of amides is 2. The summed E-state index contributed by atoms with van der Waals surface area (Å²) < 4.78 is 0. The van der Waals surface area contributed by atoms with Crippen LogP contribution in [0, 0.1) is 17.0 Å². The highest BCUT2D eigenvalue weighted by Gasteiger charge is 2.50. The molecule has 1 heterocycles. The van der Waals surface area contributed by atoms with Gasteiger partial charge in [-0.15, -0.1) is 0 Å². The van der Waals surface area contributed by atoms with Gasteiger partial charge in [0.1, 0.15) is 5.41 Å². The summed E-state index contributed by atoms with van der Waals surface area (Å²) in [6.45, 7) is 2.74. The molecule has 0 aliphatic carbocycles. The lowest BCUT2D eigenvalue weighted by Crippen LogP contribution is -2.54. The molecular formula is C13H14N2O4. The zero-order chi connectivity index (χ0) is 14.4. The third kappa shape index (κ3) is 1.80. The number of fused-ring (bicyclic) bond motifs is 1. The highest BCUT2D eigenvalue weighted by Crippen LogP contribution is 2.35. The molecule has 1 atom stereocenters. The highest BCUT2D eigenvalue weighted by atomic mass is 16.6. The third-order valence-electron chi connectivity index (χ3n) is 3.61. The standard InChI is InChI=1S/C13H14N2O4/c1-8-5-4-6-9-10(8)11(16)14(3)12(17)13(9,2)7-15(18)19/h4-6H,7H2,1-3H3. The smallest absolute Gasteiger partial charge is 0.260 e. The molecule has 1 aromatic carbocycles. The van der Waals surface area contributed by atoms with E-state index in [4.69, 9.17) is 0 Å². The van der Waals surface area contributed by atoms with Crippen LogP contribution < -0.4 is 0 Å². The first-order valence-electron chi connectivity index (χ1n) is 5.83. The van der Waals surface area contributed by atoms with E-state index in [1.807, 2.05) is 0 Å². The van der Waals surface area contributed by atoms with Crippen molar-refractivity contribution < 1.29 is 14.5 Å². The summed E-state index contributed by atoms with van der Waals surface area (Å²) in [4.78, 5) is 35.7. The minimum atomic E-state index is -1.30. The van der Waals surface area contributed by atoms with Crippen molar-refractivity contribution in [2.45, 2.75) is 19.3 Å². The van der Waals surface area contributed by atoms with Crippen LogP contribution in [0.2, 0.25) is 0 Å². The zero-order valence-electron chi connectivity index (χ0n) is 11.0. The van der Waals surface area contributed by atoms with Crippen molar-refractivity contribution in [3.05, 3.63) is 45.0 Å². The average Bonchev–Trinajstić information content (AvgIpc) is 2.33. The third-order valence-corrected chi connectivity index (χ3v) is 3.61. The van der Waals surface area contributed by atoms with Crippen molar-refractivity contribution in [2.75, 3.05) is 13.6 Å². The molecule has 0 radical (unpaired) electrons. The van der Waals surface area contributed by atoms with Crippen LogP contribution in [0.1, 0.15) is 28.4 Å². The van der Waals surface area contributed by atoms with E-state index in [2.05, 4.69) is 0 Å². The van der Waals surface area contributed by atoms with Crippen LogP contribution in [0.4, 0.5) is 0 Å². The van der Waals surface area contributed by atoms with Gasteiger partial charge in [-0.3, -0.25) is 24.6 Å². The monoisotopic (exact) mass is 262 g/mol. The van der Waals surface area contributed by atoms with Gasteiger partial charge < -0.3 is 0 Å². The highest BCUT2D eigenvalue weighted by molar-refractivity contribution is 6.13. The van der Waals surface area contributed by atoms with Crippen LogP contribution in [0.3, 0.4) is 0 Å². The van der Waals surface area contributed by atoms with Crippen LogP contribution in [-0.4, -0.2) is 35.2 Å². The van der Waals surface area contributed by atoms with E-state index >= 15 is 0 Å². The molecule has 0 aromatic heterocycles. The van der Waals surface area contributed by atoms with Gasteiger partial charge in [-0.2, -0.15) is 0 Å². The predicted octanol–water partition coefficient (Wildman–Crippen LogP) is 1.14. The van der Waals surface area contributed by atoms with Crippen LogP contribution >= 0.6 is 0 Å². The van der Waals surface area contributed by atoms with Gasteiger partial charge in [-0.25, -0.2) is 0 Å². The number of carbonyl (C=O) groups excluding carboxylic acids is 2. The van der Waals surface area contributed by atoms with E-state index in [9.17, 15) is 19.7 Å². The Hall–Kier alpha value is -2.24. The van der Waals surface area contributed by atoms with Gasteiger partial charge >= 0.3 is 0 Å². The molecule has 19 heavy (non-hydrogen) atoms. The van der Waals surface area contributed by atoms with Gasteiger partial charge in [-0.05, 0) is 25.0 Å². The van der Waals surface area contributed by atoms with Crippen molar-refractivity contribution >= 4 is 11.8 Å². The quantitative estimate of drug-likeness (QED) is 0.454. The summed E-state index contributed by atoms with van der Waals surface area (Å²) in [5.41, 5.74) is 0.260. The van der Waals surface area contributed by atoms with E-state index < -0.39 is 28.7 Å². The summed E-state index contributed by atoms with van der Waals surface area (Å²) in [6.07, 6.45) is 0.